The zero-order valence-corrected chi connectivity index (χ0v) is 15.4. The summed E-state index contributed by atoms with van der Waals surface area (Å²) in [5.74, 6) is 0.560. The highest BCUT2D eigenvalue weighted by molar-refractivity contribution is 5.78. The third-order valence-electron chi connectivity index (χ3n) is 4.35. The average molecular weight is 370 g/mol. The second-order valence-electron chi connectivity index (χ2n) is 6.94. The molecule has 5 nitrogen and oxygen atoms in total. The van der Waals surface area contributed by atoms with Crippen LogP contribution in [0.25, 0.3) is 0 Å². The lowest BCUT2D eigenvalue weighted by Gasteiger charge is -2.35. The molecule has 1 aliphatic heterocycles. The zero-order chi connectivity index (χ0) is 18.9. The van der Waals surface area contributed by atoms with Gasteiger partial charge in [-0.3, -0.25) is 9.69 Å². The van der Waals surface area contributed by atoms with Crippen LogP contribution in [0.4, 0.5) is 8.78 Å². The van der Waals surface area contributed by atoms with Crippen LogP contribution in [0.5, 0.6) is 5.75 Å². The maximum Gasteiger partial charge on any atom is 0.387 e. The Hall–Kier alpha value is -1.73. The molecule has 1 aromatic rings. The molecule has 1 heterocycles. The molecule has 1 aliphatic rings. The summed E-state index contributed by atoms with van der Waals surface area (Å²) in [6.07, 6.45) is 1.23. The first kappa shape index (κ1) is 20.6. The van der Waals surface area contributed by atoms with Gasteiger partial charge in [-0.1, -0.05) is 26.0 Å². The minimum atomic E-state index is -2.85. The van der Waals surface area contributed by atoms with Gasteiger partial charge in [0.2, 0.25) is 5.91 Å². The number of hydrogen-bond donors (Lipinski definition) is 1. The summed E-state index contributed by atoms with van der Waals surface area (Å²) in [6, 6.07) is 6.45. The van der Waals surface area contributed by atoms with Crippen molar-refractivity contribution in [1.29, 1.82) is 0 Å². The van der Waals surface area contributed by atoms with Gasteiger partial charge in [0, 0.05) is 25.7 Å². The van der Waals surface area contributed by atoms with E-state index in [1.165, 1.54) is 12.1 Å². The first-order valence-corrected chi connectivity index (χ1v) is 9.06. The fourth-order valence-electron chi connectivity index (χ4n) is 3.12. The Balaban J connectivity index is 1.82. The Morgan fingerprint density at radius 1 is 1.23 bits per heavy atom. The number of benzene rings is 1. The van der Waals surface area contributed by atoms with E-state index < -0.39 is 6.61 Å². The number of ether oxygens (including phenoxy) is 2. The predicted octanol–water partition coefficient (Wildman–Crippen LogP) is 2.69. The minimum Gasteiger partial charge on any atom is -0.435 e. The van der Waals surface area contributed by atoms with Gasteiger partial charge in [0.05, 0.1) is 19.6 Å². The van der Waals surface area contributed by atoms with Crippen LogP contribution in [-0.4, -0.2) is 56.3 Å². The van der Waals surface area contributed by atoms with Crippen molar-refractivity contribution >= 4 is 5.91 Å². The third kappa shape index (κ3) is 7.25. The average Bonchev–Trinajstić information content (AvgIpc) is 2.60. The summed E-state index contributed by atoms with van der Waals surface area (Å²) >= 11 is 0. The van der Waals surface area contributed by atoms with E-state index in [-0.39, 0.29) is 18.1 Å². The molecule has 1 N–H and O–H groups in total. The molecule has 0 bridgehead atoms. The van der Waals surface area contributed by atoms with E-state index in [0.29, 0.717) is 18.5 Å². The fraction of sp³-hybridized carbons (Fsp3) is 0.632. The van der Waals surface area contributed by atoms with Crippen molar-refractivity contribution in [2.45, 2.75) is 39.3 Å². The number of carbonyl (C=O) groups is 1. The summed E-state index contributed by atoms with van der Waals surface area (Å²) < 4.78 is 34.0. The van der Waals surface area contributed by atoms with Crippen molar-refractivity contribution in [3.8, 4) is 5.75 Å². The number of morpholine rings is 1. The molecule has 1 aromatic carbocycles. The molecular formula is C19H28F2N2O3. The van der Waals surface area contributed by atoms with E-state index in [0.717, 1.165) is 38.3 Å². The quantitative estimate of drug-likeness (QED) is 0.726. The minimum absolute atomic E-state index is 0.0745. The number of nitrogens with one attached hydrogen (secondary N) is 1. The lowest BCUT2D eigenvalue weighted by molar-refractivity contribution is -0.120. The number of carbonyl (C=O) groups excluding carboxylic acids is 1. The van der Waals surface area contributed by atoms with Crippen LogP contribution in [0.2, 0.25) is 0 Å². The zero-order valence-electron chi connectivity index (χ0n) is 15.4. The van der Waals surface area contributed by atoms with Crippen molar-refractivity contribution in [3.63, 3.8) is 0 Å². The van der Waals surface area contributed by atoms with Crippen LogP contribution in [0.15, 0.2) is 24.3 Å². The highest BCUT2D eigenvalue weighted by atomic mass is 19.3. The first-order chi connectivity index (χ1) is 12.4. The van der Waals surface area contributed by atoms with Crippen LogP contribution in [0, 0.1) is 5.92 Å². The Kier molecular flexibility index (Phi) is 8.25. The van der Waals surface area contributed by atoms with Gasteiger partial charge in [0.25, 0.3) is 0 Å². The molecule has 0 aliphatic carbocycles. The number of alkyl halides is 2. The van der Waals surface area contributed by atoms with E-state index in [1.54, 1.807) is 12.1 Å². The second-order valence-corrected chi connectivity index (χ2v) is 6.94. The molecule has 0 saturated carbocycles. The van der Waals surface area contributed by atoms with Gasteiger partial charge >= 0.3 is 6.61 Å². The number of hydrogen-bond acceptors (Lipinski definition) is 4. The fourth-order valence-corrected chi connectivity index (χ4v) is 3.12. The van der Waals surface area contributed by atoms with E-state index in [2.05, 4.69) is 28.8 Å². The Labute approximate surface area is 153 Å². The molecular weight excluding hydrogens is 342 g/mol. The molecule has 1 fully saturated rings. The van der Waals surface area contributed by atoms with E-state index in [1.807, 2.05) is 0 Å². The molecule has 0 radical (unpaired) electrons. The van der Waals surface area contributed by atoms with Crippen LogP contribution >= 0.6 is 0 Å². The topological polar surface area (TPSA) is 50.8 Å². The normalized spacial score (nSPS) is 16.7. The summed E-state index contributed by atoms with van der Waals surface area (Å²) in [6.45, 7) is 5.35. The first-order valence-electron chi connectivity index (χ1n) is 9.06. The molecule has 2 rings (SSSR count). The smallest absolute Gasteiger partial charge is 0.387 e. The SMILES string of the molecule is CC(C)CC(CNC(=O)Cc1ccc(OC(F)F)cc1)N1CCOCC1. The predicted molar refractivity (Wildman–Crippen MR) is 95.4 cm³/mol. The monoisotopic (exact) mass is 370 g/mol. The Morgan fingerprint density at radius 3 is 2.46 bits per heavy atom. The van der Waals surface area contributed by atoms with Gasteiger partial charge in [0.15, 0.2) is 0 Å². The molecule has 0 aromatic heterocycles. The van der Waals surface area contributed by atoms with Crippen LogP contribution < -0.4 is 10.1 Å². The number of amides is 1. The molecule has 1 saturated heterocycles. The molecule has 1 atom stereocenters. The second kappa shape index (κ2) is 10.4. The Morgan fingerprint density at radius 2 is 1.88 bits per heavy atom. The maximum atomic E-state index is 12.2. The van der Waals surface area contributed by atoms with E-state index in [4.69, 9.17) is 4.74 Å². The number of rotatable bonds is 9. The van der Waals surface area contributed by atoms with Gasteiger partial charge in [-0.15, -0.1) is 0 Å². The van der Waals surface area contributed by atoms with Gasteiger partial charge < -0.3 is 14.8 Å². The van der Waals surface area contributed by atoms with Gasteiger partial charge in [-0.05, 0) is 30.0 Å². The Bertz CT molecular complexity index is 546. The summed E-state index contributed by atoms with van der Waals surface area (Å²) in [7, 11) is 0. The highest BCUT2D eigenvalue weighted by Crippen LogP contribution is 2.16. The third-order valence-corrected chi connectivity index (χ3v) is 4.35. The summed E-state index contributed by atoms with van der Waals surface area (Å²) in [4.78, 5) is 14.6. The van der Waals surface area contributed by atoms with Crippen molar-refractivity contribution in [2.24, 2.45) is 5.92 Å². The van der Waals surface area contributed by atoms with E-state index >= 15 is 0 Å². The molecule has 1 amide bonds. The lowest BCUT2D eigenvalue weighted by Crippen LogP contribution is -2.49. The lowest BCUT2D eigenvalue weighted by atomic mass is 10.0. The van der Waals surface area contributed by atoms with Crippen molar-refractivity contribution < 1.29 is 23.0 Å². The van der Waals surface area contributed by atoms with Gasteiger partial charge in [-0.2, -0.15) is 8.78 Å². The van der Waals surface area contributed by atoms with Crippen LogP contribution in [0.1, 0.15) is 25.8 Å². The summed E-state index contributed by atoms with van der Waals surface area (Å²) in [5, 5.41) is 3.01. The summed E-state index contributed by atoms with van der Waals surface area (Å²) in [5.41, 5.74) is 0.760. The van der Waals surface area contributed by atoms with Crippen molar-refractivity contribution in [1.82, 2.24) is 10.2 Å². The number of halogens is 2. The molecule has 7 heteroatoms. The molecule has 1 unspecified atom stereocenters. The largest absolute Gasteiger partial charge is 0.435 e. The molecule has 26 heavy (non-hydrogen) atoms. The van der Waals surface area contributed by atoms with Crippen LogP contribution in [-0.2, 0) is 16.0 Å². The van der Waals surface area contributed by atoms with E-state index in [9.17, 15) is 13.6 Å². The van der Waals surface area contributed by atoms with Crippen LogP contribution in [0.3, 0.4) is 0 Å². The van der Waals surface area contributed by atoms with Gasteiger partial charge in [0.1, 0.15) is 5.75 Å². The van der Waals surface area contributed by atoms with Crippen molar-refractivity contribution in [3.05, 3.63) is 29.8 Å². The highest BCUT2D eigenvalue weighted by Gasteiger charge is 2.22. The van der Waals surface area contributed by atoms with Crippen molar-refractivity contribution in [2.75, 3.05) is 32.8 Å². The number of nitrogens with zero attached hydrogens (tertiary/aromatic N) is 1. The molecule has 146 valence electrons. The standard InChI is InChI=1S/C19H28F2N2O3/c1-14(2)11-16(23-7-9-25-10-8-23)13-22-18(24)12-15-3-5-17(6-4-15)26-19(20)21/h3-6,14,16,19H,7-13H2,1-2H3,(H,22,24). The molecule has 0 spiro atoms. The van der Waals surface area contributed by atoms with Gasteiger partial charge in [-0.25, -0.2) is 0 Å². The maximum absolute atomic E-state index is 12.2.